The zero-order chi connectivity index (χ0) is 13.9. The first-order valence-corrected chi connectivity index (χ1v) is 6.96. The smallest absolute Gasteiger partial charge is 0.260 e. The predicted molar refractivity (Wildman–Crippen MR) is 82.4 cm³/mol. The summed E-state index contributed by atoms with van der Waals surface area (Å²) in [5.41, 5.74) is 3.91. The van der Waals surface area contributed by atoms with Crippen LogP contribution >= 0.6 is 0 Å². The summed E-state index contributed by atoms with van der Waals surface area (Å²) >= 11 is 0. The van der Waals surface area contributed by atoms with Gasteiger partial charge >= 0.3 is 0 Å². The Labute approximate surface area is 119 Å². The number of hydrogen-bond acceptors (Lipinski definition) is 2. The van der Waals surface area contributed by atoms with Crippen molar-refractivity contribution >= 4 is 17.3 Å². The molecule has 0 radical (unpaired) electrons. The molecule has 1 aliphatic heterocycles. The number of hydrogen-bond donors (Lipinski definition) is 1. The molecule has 1 amide bonds. The highest BCUT2D eigenvalue weighted by Gasteiger charge is 2.20. The molecule has 0 saturated carbocycles. The molecule has 0 unspecified atom stereocenters. The van der Waals surface area contributed by atoms with Crippen LogP contribution in [0.4, 0.5) is 11.4 Å². The summed E-state index contributed by atoms with van der Waals surface area (Å²) in [6.07, 6.45) is 2.16. The van der Waals surface area contributed by atoms with Crippen LogP contribution in [0.1, 0.15) is 22.3 Å². The van der Waals surface area contributed by atoms with Gasteiger partial charge in [0.15, 0.2) is 0 Å². The third-order valence-electron chi connectivity index (χ3n) is 3.75. The van der Waals surface area contributed by atoms with Crippen LogP contribution in [0.3, 0.4) is 0 Å². The largest absolute Gasteiger partial charge is 0.384 e. The lowest BCUT2D eigenvalue weighted by molar-refractivity contribution is 0.0993. The van der Waals surface area contributed by atoms with E-state index in [1.807, 2.05) is 49.5 Å². The first-order valence-electron chi connectivity index (χ1n) is 6.96. The van der Waals surface area contributed by atoms with Crippen molar-refractivity contribution in [2.45, 2.75) is 12.8 Å². The van der Waals surface area contributed by atoms with Gasteiger partial charge in [-0.15, -0.1) is 0 Å². The highest BCUT2D eigenvalue weighted by molar-refractivity contribution is 6.09. The summed E-state index contributed by atoms with van der Waals surface area (Å²) in [6, 6.07) is 15.7. The molecule has 0 fully saturated rings. The van der Waals surface area contributed by atoms with Gasteiger partial charge in [0.25, 0.3) is 5.91 Å². The lowest BCUT2D eigenvalue weighted by atomic mass is 9.99. The summed E-state index contributed by atoms with van der Waals surface area (Å²) in [6.45, 7) is 0.937. The summed E-state index contributed by atoms with van der Waals surface area (Å²) in [4.78, 5) is 14.4. The van der Waals surface area contributed by atoms with Crippen LogP contribution < -0.4 is 10.2 Å². The summed E-state index contributed by atoms with van der Waals surface area (Å²) in [5, 5.41) is 3.37. The Bertz CT molecular complexity index is 622. The molecule has 3 heteroatoms. The Balaban J connectivity index is 1.95. The molecule has 102 valence electrons. The number of nitrogens with zero attached hydrogens (tertiary/aromatic N) is 1. The van der Waals surface area contributed by atoms with Crippen LogP contribution in [0.5, 0.6) is 0 Å². The molecule has 1 heterocycles. The second-order valence-electron chi connectivity index (χ2n) is 5.07. The second kappa shape index (κ2) is 5.37. The van der Waals surface area contributed by atoms with Crippen LogP contribution in [-0.2, 0) is 6.42 Å². The first kappa shape index (κ1) is 12.7. The standard InChI is InChI=1S/C17H18N2O/c1-19(14-9-3-2-4-10-14)17(20)15-11-5-7-13-8-6-12-18-16(13)15/h2-5,7,9-11,18H,6,8,12H2,1H3. The van der Waals surface area contributed by atoms with Crippen molar-refractivity contribution in [2.24, 2.45) is 0 Å². The number of benzene rings is 2. The minimum atomic E-state index is 0.0300. The third-order valence-corrected chi connectivity index (χ3v) is 3.75. The Hall–Kier alpha value is -2.29. The molecule has 20 heavy (non-hydrogen) atoms. The molecule has 0 aliphatic carbocycles. The van der Waals surface area contributed by atoms with E-state index in [0.29, 0.717) is 0 Å². The van der Waals surface area contributed by atoms with E-state index in [1.54, 1.807) is 4.90 Å². The fourth-order valence-corrected chi connectivity index (χ4v) is 2.64. The Morgan fingerprint density at radius 3 is 2.70 bits per heavy atom. The highest BCUT2D eigenvalue weighted by atomic mass is 16.2. The van der Waals surface area contributed by atoms with Crippen molar-refractivity contribution < 1.29 is 4.79 Å². The number of para-hydroxylation sites is 2. The average molecular weight is 266 g/mol. The number of aryl methyl sites for hydroxylation is 1. The van der Waals surface area contributed by atoms with Gasteiger partial charge in [-0.3, -0.25) is 4.79 Å². The quantitative estimate of drug-likeness (QED) is 0.904. The molecular formula is C17H18N2O. The summed E-state index contributed by atoms with van der Waals surface area (Å²) in [5.74, 6) is 0.0300. The normalized spacial score (nSPS) is 13.2. The molecule has 0 aromatic heterocycles. The fraction of sp³-hybridized carbons (Fsp3) is 0.235. The van der Waals surface area contributed by atoms with E-state index in [2.05, 4.69) is 11.4 Å². The number of carbonyl (C=O) groups excluding carboxylic acids is 1. The Morgan fingerprint density at radius 2 is 1.90 bits per heavy atom. The molecule has 0 saturated heterocycles. The maximum atomic E-state index is 12.7. The van der Waals surface area contributed by atoms with E-state index < -0.39 is 0 Å². The molecule has 1 N–H and O–H groups in total. The molecule has 1 aliphatic rings. The van der Waals surface area contributed by atoms with Crippen molar-refractivity contribution in [1.82, 2.24) is 0 Å². The number of anilines is 2. The van der Waals surface area contributed by atoms with E-state index in [4.69, 9.17) is 0 Å². The van der Waals surface area contributed by atoms with Crippen molar-refractivity contribution in [3.8, 4) is 0 Å². The van der Waals surface area contributed by atoms with E-state index in [9.17, 15) is 4.79 Å². The minimum absolute atomic E-state index is 0.0300. The van der Waals surface area contributed by atoms with Crippen LogP contribution in [0.2, 0.25) is 0 Å². The predicted octanol–water partition coefficient (Wildman–Crippen LogP) is 3.32. The zero-order valence-electron chi connectivity index (χ0n) is 11.6. The van der Waals surface area contributed by atoms with Crippen LogP contribution in [0.15, 0.2) is 48.5 Å². The highest BCUT2D eigenvalue weighted by Crippen LogP contribution is 2.27. The zero-order valence-corrected chi connectivity index (χ0v) is 11.6. The maximum Gasteiger partial charge on any atom is 0.260 e. The number of nitrogens with one attached hydrogen (secondary N) is 1. The molecule has 0 spiro atoms. The van der Waals surface area contributed by atoms with Crippen LogP contribution in [0, 0.1) is 0 Å². The van der Waals surface area contributed by atoms with Gasteiger partial charge in [-0.1, -0.05) is 30.3 Å². The molecule has 3 rings (SSSR count). The number of amides is 1. The monoisotopic (exact) mass is 266 g/mol. The van der Waals surface area contributed by atoms with Gasteiger partial charge in [0.05, 0.1) is 11.3 Å². The van der Waals surface area contributed by atoms with Gasteiger partial charge in [-0.2, -0.15) is 0 Å². The van der Waals surface area contributed by atoms with E-state index in [0.717, 1.165) is 36.3 Å². The molecule has 0 bridgehead atoms. The van der Waals surface area contributed by atoms with Gasteiger partial charge in [-0.25, -0.2) is 0 Å². The summed E-state index contributed by atoms with van der Waals surface area (Å²) in [7, 11) is 1.82. The topological polar surface area (TPSA) is 32.3 Å². The summed E-state index contributed by atoms with van der Waals surface area (Å²) < 4.78 is 0. The number of fused-ring (bicyclic) bond motifs is 1. The molecule has 2 aromatic rings. The Morgan fingerprint density at radius 1 is 1.10 bits per heavy atom. The van der Waals surface area contributed by atoms with E-state index >= 15 is 0 Å². The lowest BCUT2D eigenvalue weighted by Crippen LogP contribution is -2.28. The molecule has 2 aromatic carbocycles. The number of rotatable bonds is 2. The van der Waals surface area contributed by atoms with Gasteiger partial charge in [-0.05, 0) is 36.6 Å². The van der Waals surface area contributed by atoms with Gasteiger partial charge in [0, 0.05) is 19.3 Å². The number of carbonyl (C=O) groups is 1. The Kier molecular flexibility index (Phi) is 3.42. The molecule has 0 atom stereocenters. The van der Waals surface area contributed by atoms with Gasteiger partial charge in [0.2, 0.25) is 0 Å². The van der Waals surface area contributed by atoms with Crippen LogP contribution in [0.25, 0.3) is 0 Å². The van der Waals surface area contributed by atoms with Gasteiger partial charge < -0.3 is 10.2 Å². The SMILES string of the molecule is CN(C(=O)c1cccc2c1NCCC2)c1ccccc1. The van der Waals surface area contributed by atoms with E-state index in [1.165, 1.54) is 5.56 Å². The van der Waals surface area contributed by atoms with Crippen molar-refractivity contribution in [3.63, 3.8) is 0 Å². The van der Waals surface area contributed by atoms with Crippen molar-refractivity contribution in [2.75, 3.05) is 23.8 Å². The molecule has 3 nitrogen and oxygen atoms in total. The van der Waals surface area contributed by atoms with Crippen LogP contribution in [-0.4, -0.2) is 19.5 Å². The third kappa shape index (κ3) is 2.27. The maximum absolute atomic E-state index is 12.7. The second-order valence-corrected chi connectivity index (χ2v) is 5.07. The lowest BCUT2D eigenvalue weighted by Gasteiger charge is -2.24. The minimum Gasteiger partial charge on any atom is -0.384 e. The molecular weight excluding hydrogens is 248 g/mol. The van der Waals surface area contributed by atoms with Gasteiger partial charge in [0.1, 0.15) is 0 Å². The fourth-order valence-electron chi connectivity index (χ4n) is 2.64. The average Bonchev–Trinajstić information content (AvgIpc) is 2.54. The van der Waals surface area contributed by atoms with Crippen molar-refractivity contribution in [3.05, 3.63) is 59.7 Å². The van der Waals surface area contributed by atoms with E-state index in [-0.39, 0.29) is 5.91 Å². The van der Waals surface area contributed by atoms with Crippen molar-refractivity contribution in [1.29, 1.82) is 0 Å². The first-order chi connectivity index (χ1) is 9.77.